The lowest BCUT2D eigenvalue weighted by Gasteiger charge is -2.12. The maximum absolute atomic E-state index is 11.7. The maximum Gasteiger partial charge on any atom is 0.324 e. The molecule has 1 aromatic heterocycles. The van der Waals surface area contributed by atoms with E-state index in [1.807, 2.05) is 0 Å². The zero-order chi connectivity index (χ0) is 13.1. The molecule has 0 saturated carbocycles. The van der Waals surface area contributed by atoms with Gasteiger partial charge in [-0.2, -0.15) is 0 Å². The van der Waals surface area contributed by atoms with Crippen molar-refractivity contribution in [3.05, 3.63) is 20.8 Å². The van der Waals surface area contributed by atoms with Crippen LogP contribution in [0.1, 0.15) is 9.67 Å². The Bertz CT molecular complexity index is 486. The lowest BCUT2D eigenvalue weighted by Crippen LogP contribution is -2.38. The number of rotatable bonds is 4. The molecular formula is C10H10BrN3O3S. The van der Waals surface area contributed by atoms with Crippen molar-refractivity contribution >= 4 is 45.1 Å². The first-order valence-electron chi connectivity index (χ1n) is 5.19. The molecule has 8 heteroatoms. The molecule has 6 nitrogen and oxygen atoms in total. The van der Waals surface area contributed by atoms with Crippen LogP contribution in [-0.2, 0) is 4.79 Å². The van der Waals surface area contributed by atoms with Gasteiger partial charge in [0.2, 0.25) is 5.91 Å². The molecule has 1 aliphatic heterocycles. The summed E-state index contributed by atoms with van der Waals surface area (Å²) in [5.41, 5.74) is 0. The fourth-order valence-corrected chi connectivity index (χ4v) is 2.97. The minimum atomic E-state index is -0.411. The van der Waals surface area contributed by atoms with Gasteiger partial charge < -0.3 is 10.6 Å². The summed E-state index contributed by atoms with van der Waals surface area (Å²) < 4.78 is 0.736. The minimum absolute atomic E-state index is 0.0310. The van der Waals surface area contributed by atoms with E-state index in [9.17, 15) is 14.4 Å². The third kappa shape index (κ3) is 2.70. The second kappa shape index (κ2) is 5.49. The van der Waals surface area contributed by atoms with Gasteiger partial charge in [0, 0.05) is 17.6 Å². The molecule has 0 radical (unpaired) electrons. The summed E-state index contributed by atoms with van der Waals surface area (Å²) in [4.78, 5) is 35.9. The molecule has 0 bridgehead atoms. The van der Waals surface area contributed by atoms with E-state index >= 15 is 0 Å². The first-order valence-corrected chi connectivity index (χ1v) is 6.86. The van der Waals surface area contributed by atoms with Crippen LogP contribution in [0, 0.1) is 0 Å². The third-order valence-corrected chi connectivity index (χ3v) is 4.22. The van der Waals surface area contributed by atoms with Gasteiger partial charge in [0.25, 0.3) is 5.91 Å². The van der Waals surface area contributed by atoms with E-state index in [-0.39, 0.29) is 31.4 Å². The monoisotopic (exact) mass is 331 g/mol. The number of carbonyl (C=O) groups excluding carboxylic acids is 3. The van der Waals surface area contributed by atoms with Gasteiger partial charge in [0.1, 0.15) is 4.88 Å². The van der Waals surface area contributed by atoms with Crippen molar-refractivity contribution in [2.24, 2.45) is 0 Å². The highest BCUT2D eigenvalue weighted by Gasteiger charge is 2.27. The van der Waals surface area contributed by atoms with Crippen LogP contribution in [0.3, 0.4) is 0 Å². The number of amides is 4. The van der Waals surface area contributed by atoms with Gasteiger partial charge in [-0.15, -0.1) is 11.3 Å². The normalized spacial score (nSPS) is 14.8. The van der Waals surface area contributed by atoms with Crippen LogP contribution >= 0.6 is 27.3 Å². The molecule has 0 aromatic carbocycles. The summed E-state index contributed by atoms with van der Waals surface area (Å²) >= 11 is 4.59. The number of imide groups is 1. The van der Waals surface area contributed by atoms with Crippen molar-refractivity contribution in [1.82, 2.24) is 15.5 Å². The Hall–Kier alpha value is -1.41. The fourth-order valence-electron chi connectivity index (χ4n) is 1.50. The van der Waals surface area contributed by atoms with Gasteiger partial charge in [0.15, 0.2) is 0 Å². The molecule has 2 heterocycles. The third-order valence-electron chi connectivity index (χ3n) is 2.38. The molecule has 1 aliphatic rings. The van der Waals surface area contributed by atoms with E-state index in [0.29, 0.717) is 4.88 Å². The topological polar surface area (TPSA) is 78.5 Å². The number of urea groups is 1. The van der Waals surface area contributed by atoms with E-state index in [1.165, 1.54) is 11.3 Å². The lowest BCUT2D eigenvalue weighted by molar-refractivity contribution is -0.124. The van der Waals surface area contributed by atoms with E-state index in [2.05, 4.69) is 26.6 Å². The molecule has 0 atom stereocenters. The van der Waals surface area contributed by atoms with Gasteiger partial charge in [-0.05, 0) is 27.4 Å². The predicted octanol–water partition coefficient (Wildman–Crippen LogP) is 0.792. The van der Waals surface area contributed by atoms with Crippen LogP contribution < -0.4 is 10.6 Å². The van der Waals surface area contributed by atoms with Crippen molar-refractivity contribution < 1.29 is 14.4 Å². The molecule has 0 unspecified atom stereocenters. The van der Waals surface area contributed by atoms with E-state index in [4.69, 9.17) is 0 Å². The summed E-state index contributed by atoms with van der Waals surface area (Å²) in [6.45, 7) is 0.449. The number of halogens is 1. The average Bonchev–Trinajstić information content (AvgIpc) is 2.89. The molecule has 1 saturated heterocycles. The Kier molecular flexibility index (Phi) is 3.97. The quantitative estimate of drug-likeness (QED) is 0.801. The molecule has 1 fully saturated rings. The van der Waals surface area contributed by atoms with Gasteiger partial charge in [-0.3, -0.25) is 14.5 Å². The summed E-state index contributed by atoms with van der Waals surface area (Å²) in [7, 11) is 0. The lowest BCUT2D eigenvalue weighted by atomic mass is 10.4. The maximum atomic E-state index is 11.7. The van der Waals surface area contributed by atoms with Crippen molar-refractivity contribution in [3.8, 4) is 0 Å². The Morgan fingerprint density at radius 1 is 1.56 bits per heavy atom. The number of hydrogen-bond donors (Lipinski definition) is 2. The molecule has 18 heavy (non-hydrogen) atoms. The van der Waals surface area contributed by atoms with Gasteiger partial charge >= 0.3 is 6.03 Å². The number of carbonyl (C=O) groups is 3. The molecule has 0 aliphatic carbocycles. The van der Waals surface area contributed by atoms with Crippen LogP contribution in [0.4, 0.5) is 4.79 Å². The van der Waals surface area contributed by atoms with Crippen molar-refractivity contribution in [3.63, 3.8) is 0 Å². The zero-order valence-corrected chi connectivity index (χ0v) is 11.6. The molecule has 1 aromatic rings. The highest BCUT2D eigenvalue weighted by atomic mass is 79.9. The largest absolute Gasteiger partial charge is 0.350 e. The number of hydrogen-bond acceptors (Lipinski definition) is 4. The summed E-state index contributed by atoms with van der Waals surface area (Å²) in [6, 6.07) is 1.38. The van der Waals surface area contributed by atoms with Crippen LogP contribution in [-0.4, -0.2) is 42.4 Å². The molecule has 2 N–H and O–H groups in total. The van der Waals surface area contributed by atoms with Crippen LogP contribution in [0.5, 0.6) is 0 Å². The summed E-state index contributed by atoms with van der Waals surface area (Å²) in [6.07, 6.45) is 0. The van der Waals surface area contributed by atoms with Crippen molar-refractivity contribution in [2.75, 3.05) is 19.6 Å². The van der Waals surface area contributed by atoms with E-state index < -0.39 is 6.03 Å². The Labute approximate surface area is 115 Å². The highest BCUT2D eigenvalue weighted by Crippen LogP contribution is 2.22. The van der Waals surface area contributed by atoms with Gasteiger partial charge in [0.05, 0.1) is 6.54 Å². The molecule has 96 valence electrons. The second-order valence-corrected chi connectivity index (χ2v) is 5.33. The second-order valence-electron chi connectivity index (χ2n) is 3.56. The predicted molar refractivity (Wildman–Crippen MR) is 69.5 cm³/mol. The standard InChI is InChI=1S/C10H10BrN3O3S/c11-6-1-4-18-8(6)9(16)12-2-3-14-7(15)5-13-10(14)17/h1,4H,2-3,5H2,(H,12,16)(H,13,17). The van der Waals surface area contributed by atoms with Gasteiger partial charge in [-0.1, -0.05) is 0 Å². The SMILES string of the molecule is O=C(NCCN1C(=O)CNC1=O)c1sccc1Br. The van der Waals surface area contributed by atoms with Crippen molar-refractivity contribution in [1.29, 1.82) is 0 Å². The fraction of sp³-hybridized carbons (Fsp3) is 0.300. The van der Waals surface area contributed by atoms with Gasteiger partial charge in [-0.25, -0.2) is 4.79 Å². The highest BCUT2D eigenvalue weighted by molar-refractivity contribution is 9.10. The smallest absolute Gasteiger partial charge is 0.324 e. The molecule has 4 amide bonds. The molecular weight excluding hydrogens is 322 g/mol. The Morgan fingerprint density at radius 2 is 2.33 bits per heavy atom. The number of nitrogens with zero attached hydrogens (tertiary/aromatic N) is 1. The first-order chi connectivity index (χ1) is 8.59. The summed E-state index contributed by atoms with van der Waals surface area (Å²) in [5.74, 6) is -0.490. The minimum Gasteiger partial charge on any atom is -0.350 e. The first kappa shape index (κ1) is 13.0. The van der Waals surface area contributed by atoms with Crippen LogP contribution in [0.2, 0.25) is 0 Å². The number of nitrogens with one attached hydrogen (secondary N) is 2. The summed E-state index contributed by atoms with van der Waals surface area (Å²) in [5, 5.41) is 6.88. The average molecular weight is 332 g/mol. The number of thiophene rings is 1. The van der Waals surface area contributed by atoms with Crippen LogP contribution in [0.25, 0.3) is 0 Å². The Balaban J connectivity index is 1.82. The Morgan fingerprint density at radius 3 is 2.89 bits per heavy atom. The van der Waals surface area contributed by atoms with E-state index in [0.717, 1.165) is 9.37 Å². The zero-order valence-electron chi connectivity index (χ0n) is 9.23. The van der Waals surface area contributed by atoms with E-state index in [1.54, 1.807) is 11.4 Å². The molecule has 2 rings (SSSR count). The molecule has 0 spiro atoms. The van der Waals surface area contributed by atoms with Crippen molar-refractivity contribution in [2.45, 2.75) is 0 Å². The van der Waals surface area contributed by atoms with Crippen LogP contribution in [0.15, 0.2) is 15.9 Å².